The molecule has 1 heterocycles. The van der Waals surface area contributed by atoms with Crippen molar-refractivity contribution in [3.05, 3.63) is 0 Å². The summed E-state index contributed by atoms with van der Waals surface area (Å²) in [6.07, 6.45) is 3.86. The van der Waals surface area contributed by atoms with Crippen LogP contribution in [0.2, 0.25) is 0 Å². The number of rotatable bonds is 7. The van der Waals surface area contributed by atoms with Crippen LogP contribution in [0.1, 0.15) is 38.5 Å². The minimum atomic E-state index is -0.761. The van der Waals surface area contributed by atoms with E-state index in [1.807, 2.05) is 0 Å². The summed E-state index contributed by atoms with van der Waals surface area (Å²) < 4.78 is 0. The van der Waals surface area contributed by atoms with Gasteiger partial charge in [0.2, 0.25) is 5.91 Å². The molecule has 0 bridgehead atoms. The molecule has 0 unspecified atom stereocenters. The second kappa shape index (κ2) is 9.17. The maximum atomic E-state index is 11.8. The van der Waals surface area contributed by atoms with Crippen LogP contribution in [0.25, 0.3) is 0 Å². The molecular formula is C13H23N3O4. The molecule has 0 radical (unpaired) electrons. The number of nitrogens with zero attached hydrogens (tertiary/aromatic N) is 1. The van der Waals surface area contributed by atoms with Gasteiger partial charge in [0.1, 0.15) is 0 Å². The molecule has 1 rings (SSSR count). The summed E-state index contributed by atoms with van der Waals surface area (Å²) in [7, 11) is 0. The first-order chi connectivity index (χ1) is 9.59. The summed E-state index contributed by atoms with van der Waals surface area (Å²) in [4.78, 5) is 34.9. The molecule has 3 amide bonds. The maximum absolute atomic E-state index is 11.8. The zero-order chi connectivity index (χ0) is 14.8. The van der Waals surface area contributed by atoms with E-state index in [-0.39, 0.29) is 18.4 Å². The number of hydrogen-bond donors (Lipinski definition) is 3. The van der Waals surface area contributed by atoms with E-state index >= 15 is 0 Å². The van der Waals surface area contributed by atoms with Gasteiger partial charge in [-0.1, -0.05) is 12.8 Å². The lowest BCUT2D eigenvalue weighted by Crippen LogP contribution is -2.42. The Bertz CT molecular complexity index is 347. The van der Waals surface area contributed by atoms with Crippen molar-refractivity contribution >= 4 is 17.9 Å². The molecule has 3 N–H and O–H groups in total. The van der Waals surface area contributed by atoms with Crippen LogP contribution in [0.15, 0.2) is 0 Å². The predicted molar refractivity (Wildman–Crippen MR) is 73.3 cm³/mol. The average molecular weight is 285 g/mol. The molecule has 1 aliphatic heterocycles. The molecule has 1 saturated heterocycles. The Hall–Kier alpha value is -1.79. The zero-order valence-electron chi connectivity index (χ0n) is 11.7. The summed E-state index contributed by atoms with van der Waals surface area (Å²) >= 11 is 0. The number of amides is 3. The van der Waals surface area contributed by atoms with Crippen molar-refractivity contribution in [2.24, 2.45) is 0 Å². The van der Waals surface area contributed by atoms with Gasteiger partial charge in [0.15, 0.2) is 0 Å². The van der Waals surface area contributed by atoms with Crippen molar-refractivity contribution < 1.29 is 19.5 Å². The Balaban J connectivity index is 2.04. The van der Waals surface area contributed by atoms with E-state index in [4.69, 9.17) is 5.11 Å². The standard InChI is InChI=1S/C13H23N3O4/c17-11-6-9-16(10-8-14-11)13(20)15-7-4-2-1-3-5-12(18)19/h1-10H2,(H,14,17)(H,15,20)(H,18,19). The number of carboxylic acids is 1. The number of hydrogen-bond acceptors (Lipinski definition) is 3. The lowest BCUT2D eigenvalue weighted by Gasteiger charge is -2.19. The number of carbonyl (C=O) groups is 3. The highest BCUT2D eigenvalue weighted by Gasteiger charge is 2.17. The number of nitrogens with one attached hydrogen (secondary N) is 2. The summed E-state index contributed by atoms with van der Waals surface area (Å²) in [5.74, 6) is -0.777. The molecule has 20 heavy (non-hydrogen) atoms. The van der Waals surface area contributed by atoms with Gasteiger partial charge >= 0.3 is 12.0 Å². The summed E-state index contributed by atoms with van der Waals surface area (Å²) in [5, 5.41) is 14.0. The van der Waals surface area contributed by atoms with Crippen molar-refractivity contribution in [3.8, 4) is 0 Å². The number of unbranched alkanes of at least 4 members (excludes halogenated alkanes) is 3. The Morgan fingerprint density at radius 3 is 2.70 bits per heavy atom. The van der Waals surface area contributed by atoms with Crippen molar-refractivity contribution in [3.63, 3.8) is 0 Å². The molecule has 114 valence electrons. The summed E-state index contributed by atoms with van der Waals surface area (Å²) in [5.41, 5.74) is 0. The first-order valence-electron chi connectivity index (χ1n) is 7.11. The highest BCUT2D eigenvalue weighted by Crippen LogP contribution is 2.02. The number of carbonyl (C=O) groups excluding carboxylic acids is 2. The van der Waals surface area contributed by atoms with Gasteiger partial charge in [0.25, 0.3) is 0 Å². The van der Waals surface area contributed by atoms with Gasteiger partial charge in [0, 0.05) is 39.0 Å². The van der Waals surface area contributed by atoms with Crippen LogP contribution in [0.3, 0.4) is 0 Å². The minimum Gasteiger partial charge on any atom is -0.481 e. The topological polar surface area (TPSA) is 98.7 Å². The predicted octanol–water partition coefficient (Wildman–Crippen LogP) is 0.553. The molecule has 7 nitrogen and oxygen atoms in total. The zero-order valence-corrected chi connectivity index (χ0v) is 11.7. The fraction of sp³-hybridized carbons (Fsp3) is 0.769. The molecule has 0 atom stereocenters. The summed E-state index contributed by atoms with van der Waals surface area (Å²) in [6, 6.07) is -0.132. The Morgan fingerprint density at radius 2 is 1.95 bits per heavy atom. The van der Waals surface area contributed by atoms with Crippen LogP contribution >= 0.6 is 0 Å². The van der Waals surface area contributed by atoms with Crippen LogP contribution < -0.4 is 10.6 Å². The van der Waals surface area contributed by atoms with Crippen molar-refractivity contribution in [1.82, 2.24) is 15.5 Å². The van der Waals surface area contributed by atoms with E-state index in [0.29, 0.717) is 39.0 Å². The van der Waals surface area contributed by atoms with Gasteiger partial charge < -0.3 is 20.6 Å². The van der Waals surface area contributed by atoms with Gasteiger partial charge in [0.05, 0.1) is 0 Å². The molecule has 0 aromatic rings. The third-order valence-electron chi connectivity index (χ3n) is 3.19. The fourth-order valence-corrected chi connectivity index (χ4v) is 2.03. The Kier molecular flexibility index (Phi) is 7.46. The molecule has 1 fully saturated rings. The first-order valence-corrected chi connectivity index (χ1v) is 7.11. The van der Waals surface area contributed by atoms with Crippen molar-refractivity contribution in [1.29, 1.82) is 0 Å². The second-order valence-electron chi connectivity index (χ2n) is 4.88. The Labute approximate surface area is 118 Å². The van der Waals surface area contributed by atoms with Gasteiger partial charge in [-0.2, -0.15) is 0 Å². The van der Waals surface area contributed by atoms with Crippen LogP contribution in [0, 0.1) is 0 Å². The second-order valence-corrected chi connectivity index (χ2v) is 4.88. The van der Waals surface area contributed by atoms with Crippen molar-refractivity contribution in [2.45, 2.75) is 38.5 Å². The van der Waals surface area contributed by atoms with E-state index in [1.54, 1.807) is 4.90 Å². The molecule has 0 aromatic heterocycles. The SMILES string of the molecule is O=C(O)CCCCCCNC(=O)N1CCNC(=O)CC1. The molecule has 0 spiro atoms. The van der Waals surface area contributed by atoms with Crippen LogP contribution in [0.4, 0.5) is 4.79 Å². The number of urea groups is 1. The molecule has 1 aliphatic rings. The van der Waals surface area contributed by atoms with Crippen LogP contribution in [0.5, 0.6) is 0 Å². The quantitative estimate of drug-likeness (QED) is 0.595. The molecule has 7 heteroatoms. The van der Waals surface area contributed by atoms with Gasteiger partial charge in [-0.3, -0.25) is 9.59 Å². The number of aliphatic carboxylic acids is 1. The lowest BCUT2D eigenvalue weighted by atomic mass is 10.1. The molecule has 0 saturated carbocycles. The highest BCUT2D eigenvalue weighted by atomic mass is 16.4. The fourth-order valence-electron chi connectivity index (χ4n) is 2.03. The molecule has 0 aliphatic carbocycles. The van der Waals surface area contributed by atoms with E-state index in [2.05, 4.69) is 10.6 Å². The molecule has 0 aromatic carbocycles. The largest absolute Gasteiger partial charge is 0.481 e. The van der Waals surface area contributed by atoms with E-state index in [1.165, 1.54) is 0 Å². The third-order valence-corrected chi connectivity index (χ3v) is 3.19. The van der Waals surface area contributed by atoms with E-state index < -0.39 is 5.97 Å². The van der Waals surface area contributed by atoms with Crippen LogP contribution in [-0.4, -0.2) is 54.1 Å². The number of carboxylic acid groups (broad SMARTS) is 1. The van der Waals surface area contributed by atoms with Crippen molar-refractivity contribution in [2.75, 3.05) is 26.2 Å². The van der Waals surface area contributed by atoms with Gasteiger partial charge in [-0.15, -0.1) is 0 Å². The summed E-state index contributed by atoms with van der Waals surface area (Å²) in [6.45, 7) is 2.08. The normalized spacial score (nSPS) is 15.4. The average Bonchev–Trinajstić information content (AvgIpc) is 2.62. The van der Waals surface area contributed by atoms with Gasteiger partial charge in [-0.25, -0.2) is 4.79 Å². The third kappa shape index (κ3) is 6.96. The monoisotopic (exact) mass is 285 g/mol. The maximum Gasteiger partial charge on any atom is 0.317 e. The minimum absolute atomic E-state index is 0.0151. The van der Waals surface area contributed by atoms with E-state index in [9.17, 15) is 14.4 Å². The smallest absolute Gasteiger partial charge is 0.317 e. The highest BCUT2D eigenvalue weighted by molar-refractivity contribution is 5.79. The van der Waals surface area contributed by atoms with E-state index in [0.717, 1.165) is 19.3 Å². The first kappa shape index (κ1) is 16.3. The van der Waals surface area contributed by atoms with Gasteiger partial charge in [-0.05, 0) is 12.8 Å². The Morgan fingerprint density at radius 1 is 1.20 bits per heavy atom. The lowest BCUT2D eigenvalue weighted by molar-refractivity contribution is -0.137. The van der Waals surface area contributed by atoms with Crippen LogP contribution in [-0.2, 0) is 9.59 Å². The molecular weight excluding hydrogens is 262 g/mol.